The van der Waals surface area contributed by atoms with E-state index in [4.69, 9.17) is 4.74 Å². The zero-order valence-electron chi connectivity index (χ0n) is 10.2. The summed E-state index contributed by atoms with van der Waals surface area (Å²) in [6.45, 7) is 2.55. The van der Waals surface area contributed by atoms with Gasteiger partial charge in [-0.2, -0.15) is 15.1 Å². The Bertz CT molecular complexity index is 533. The lowest BCUT2D eigenvalue weighted by Crippen LogP contribution is -2.15. The third kappa shape index (κ3) is 2.08. The van der Waals surface area contributed by atoms with Gasteiger partial charge in [-0.25, -0.2) is 0 Å². The lowest BCUT2D eigenvalue weighted by atomic mass is 10.1. The molecule has 0 bridgehead atoms. The molecular formula is C11H16N6O. The summed E-state index contributed by atoms with van der Waals surface area (Å²) in [6, 6.07) is 0. The molecule has 18 heavy (non-hydrogen) atoms. The maximum atomic E-state index is 5.36. The molecule has 2 aromatic rings. The zero-order valence-corrected chi connectivity index (χ0v) is 10.2. The lowest BCUT2D eigenvalue weighted by molar-refractivity contribution is 0.187. The highest BCUT2D eigenvalue weighted by atomic mass is 16.5. The van der Waals surface area contributed by atoms with Crippen molar-refractivity contribution in [1.29, 1.82) is 0 Å². The Balaban J connectivity index is 1.82. The molecule has 0 aliphatic carbocycles. The van der Waals surface area contributed by atoms with Crippen LogP contribution in [0.4, 0.5) is 11.8 Å². The Labute approximate surface area is 104 Å². The predicted octanol–water partition coefficient (Wildman–Crippen LogP) is 0.843. The SMILES string of the molecule is CNc1nc(NCC2CCOC2)c2cn[nH]c2n1. The van der Waals surface area contributed by atoms with Gasteiger partial charge in [0.15, 0.2) is 5.65 Å². The van der Waals surface area contributed by atoms with Gasteiger partial charge < -0.3 is 15.4 Å². The molecule has 1 fully saturated rings. The van der Waals surface area contributed by atoms with E-state index in [1.807, 2.05) is 0 Å². The second-order valence-electron chi connectivity index (χ2n) is 4.39. The van der Waals surface area contributed by atoms with Crippen molar-refractivity contribution in [3.8, 4) is 0 Å². The second kappa shape index (κ2) is 4.77. The highest BCUT2D eigenvalue weighted by Crippen LogP contribution is 2.21. The molecule has 1 aliphatic heterocycles. The van der Waals surface area contributed by atoms with E-state index in [2.05, 4.69) is 30.8 Å². The van der Waals surface area contributed by atoms with Crippen LogP contribution in [-0.2, 0) is 4.74 Å². The molecule has 0 saturated carbocycles. The second-order valence-corrected chi connectivity index (χ2v) is 4.39. The molecule has 1 atom stereocenters. The number of nitrogens with zero attached hydrogens (tertiary/aromatic N) is 3. The van der Waals surface area contributed by atoms with E-state index in [1.54, 1.807) is 13.2 Å². The largest absolute Gasteiger partial charge is 0.381 e. The number of aromatic amines is 1. The average molecular weight is 248 g/mol. The van der Waals surface area contributed by atoms with E-state index in [0.717, 1.165) is 43.0 Å². The summed E-state index contributed by atoms with van der Waals surface area (Å²) >= 11 is 0. The molecule has 7 nitrogen and oxygen atoms in total. The quantitative estimate of drug-likeness (QED) is 0.743. The molecule has 2 aromatic heterocycles. The first-order chi connectivity index (χ1) is 8.86. The van der Waals surface area contributed by atoms with Crippen LogP contribution < -0.4 is 10.6 Å². The number of hydrogen-bond acceptors (Lipinski definition) is 6. The first-order valence-electron chi connectivity index (χ1n) is 6.07. The van der Waals surface area contributed by atoms with Crippen molar-refractivity contribution in [2.75, 3.05) is 37.4 Å². The van der Waals surface area contributed by atoms with Crippen molar-refractivity contribution < 1.29 is 4.74 Å². The fraction of sp³-hybridized carbons (Fsp3) is 0.545. The van der Waals surface area contributed by atoms with Crippen molar-refractivity contribution in [3.05, 3.63) is 6.20 Å². The number of H-pyrrole nitrogens is 1. The maximum Gasteiger partial charge on any atom is 0.226 e. The molecule has 1 aliphatic rings. The third-order valence-electron chi connectivity index (χ3n) is 3.12. The normalized spacial score (nSPS) is 19.3. The molecule has 3 heterocycles. The van der Waals surface area contributed by atoms with Crippen molar-refractivity contribution in [2.45, 2.75) is 6.42 Å². The smallest absolute Gasteiger partial charge is 0.226 e. The first kappa shape index (κ1) is 11.2. The molecule has 1 unspecified atom stereocenters. The fourth-order valence-corrected chi connectivity index (χ4v) is 2.07. The van der Waals surface area contributed by atoms with Crippen molar-refractivity contribution in [1.82, 2.24) is 20.2 Å². The van der Waals surface area contributed by atoms with Gasteiger partial charge >= 0.3 is 0 Å². The number of fused-ring (bicyclic) bond motifs is 1. The van der Waals surface area contributed by atoms with Crippen LogP contribution in [-0.4, -0.2) is 47.0 Å². The molecule has 1 saturated heterocycles. The average Bonchev–Trinajstić information content (AvgIpc) is 3.06. The number of anilines is 2. The molecular weight excluding hydrogens is 232 g/mol. The maximum absolute atomic E-state index is 5.36. The summed E-state index contributed by atoms with van der Waals surface area (Å²) in [6.07, 6.45) is 2.84. The fourth-order valence-electron chi connectivity index (χ4n) is 2.07. The molecule has 0 amide bonds. The molecule has 0 radical (unpaired) electrons. The molecule has 96 valence electrons. The predicted molar refractivity (Wildman–Crippen MR) is 68.6 cm³/mol. The van der Waals surface area contributed by atoms with E-state index < -0.39 is 0 Å². The van der Waals surface area contributed by atoms with Crippen LogP contribution in [0.2, 0.25) is 0 Å². The van der Waals surface area contributed by atoms with E-state index in [0.29, 0.717) is 11.9 Å². The summed E-state index contributed by atoms with van der Waals surface area (Å²) in [4.78, 5) is 8.71. The van der Waals surface area contributed by atoms with E-state index in [-0.39, 0.29) is 0 Å². The highest BCUT2D eigenvalue weighted by molar-refractivity contribution is 5.86. The van der Waals surface area contributed by atoms with Gasteiger partial charge in [0.1, 0.15) is 5.82 Å². The third-order valence-corrected chi connectivity index (χ3v) is 3.12. The minimum absolute atomic E-state index is 0.556. The molecule has 7 heteroatoms. The number of hydrogen-bond donors (Lipinski definition) is 3. The number of aromatic nitrogens is 4. The Morgan fingerprint density at radius 3 is 3.22 bits per heavy atom. The topological polar surface area (TPSA) is 87.8 Å². The Morgan fingerprint density at radius 2 is 2.44 bits per heavy atom. The summed E-state index contributed by atoms with van der Waals surface area (Å²) in [5.74, 6) is 1.95. The summed E-state index contributed by atoms with van der Waals surface area (Å²) in [7, 11) is 1.80. The van der Waals surface area contributed by atoms with Gasteiger partial charge in [-0.1, -0.05) is 0 Å². The van der Waals surface area contributed by atoms with Crippen LogP contribution in [0.25, 0.3) is 11.0 Å². The minimum Gasteiger partial charge on any atom is -0.381 e. The van der Waals surface area contributed by atoms with Crippen molar-refractivity contribution in [3.63, 3.8) is 0 Å². The van der Waals surface area contributed by atoms with Crippen molar-refractivity contribution in [2.24, 2.45) is 5.92 Å². The van der Waals surface area contributed by atoms with Crippen LogP contribution in [0.15, 0.2) is 6.20 Å². The van der Waals surface area contributed by atoms with Gasteiger partial charge in [0.25, 0.3) is 0 Å². The number of rotatable bonds is 4. The standard InChI is InChI=1S/C11H16N6O/c1-12-11-15-9(8-5-14-17-10(8)16-11)13-4-7-2-3-18-6-7/h5,7H,2-4,6H2,1H3,(H3,12,13,14,15,16,17). The molecule has 0 aromatic carbocycles. The van der Waals surface area contributed by atoms with Crippen LogP contribution >= 0.6 is 0 Å². The molecule has 3 rings (SSSR count). The summed E-state index contributed by atoms with van der Waals surface area (Å²) in [5, 5.41) is 14.1. The Hall–Kier alpha value is -1.89. The molecule has 3 N–H and O–H groups in total. The van der Waals surface area contributed by atoms with Gasteiger partial charge in [-0.3, -0.25) is 5.10 Å². The number of ether oxygens (including phenoxy) is 1. The highest BCUT2D eigenvalue weighted by Gasteiger charge is 2.16. The van der Waals surface area contributed by atoms with Gasteiger partial charge in [0.2, 0.25) is 5.95 Å². The van der Waals surface area contributed by atoms with E-state index in [1.165, 1.54) is 0 Å². The van der Waals surface area contributed by atoms with Gasteiger partial charge in [0, 0.05) is 26.1 Å². The van der Waals surface area contributed by atoms with Crippen LogP contribution in [0, 0.1) is 5.92 Å². The van der Waals surface area contributed by atoms with Gasteiger partial charge in [0.05, 0.1) is 18.2 Å². The van der Waals surface area contributed by atoms with Crippen LogP contribution in [0.5, 0.6) is 0 Å². The van der Waals surface area contributed by atoms with Gasteiger partial charge in [-0.15, -0.1) is 0 Å². The zero-order chi connectivity index (χ0) is 12.4. The molecule has 0 spiro atoms. The number of nitrogens with one attached hydrogen (secondary N) is 3. The minimum atomic E-state index is 0.556. The van der Waals surface area contributed by atoms with Crippen LogP contribution in [0.3, 0.4) is 0 Å². The van der Waals surface area contributed by atoms with Crippen LogP contribution in [0.1, 0.15) is 6.42 Å². The first-order valence-corrected chi connectivity index (χ1v) is 6.07. The summed E-state index contributed by atoms with van der Waals surface area (Å²) in [5.41, 5.74) is 0.736. The Kier molecular flexibility index (Phi) is 2.97. The lowest BCUT2D eigenvalue weighted by Gasteiger charge is -2.11. The summed E-state index contributed by atoms with van der Waals surface area (Å²) < 4.78 is 5.36. The van der Waals surface area contributed by atoms with E-state index >= 15 is 0 Å². The van der Waals surface area contributed by atoms with Crippen molar-refractivity contribution >= 4 is 22.8 Å². The Morgan fingerprint density at radius 1 is 1.50 bits per heavy atom. The monoisotopic (exact) mass is 248 g/mol. The van der Waals surface area contributed by atoms with Gasteiger partial charge in [-0.05, 0) is 6.42 Å². The van der Waals surface area contributed by atoms with E-state index in [9.17, 15) is 0 Å².